The number of benzene rings is 1. The molecule has 1 aromatic carbocycles. The summed E-state index contributed by atoms with van der Waals surface area (Å²) in [4.78, 5) is 4.41. The van der Waals surface area contributed by atoms with Crippen molar-refractivity contribution in [2.24, 2.45) is 0 Å². The number of aromatic nitrogens is 2. The molecule has 0 unspecified atom stereocenters. The fourth-order valence-electron chi connectivity index (χ4n) is 2.14. The Morgan fingerprint density at radius 1 is 1.21 bits per heavy atom. The lowest BCUT2D eigenvalue weighted by Crippen LogP contribution is -1.92. The van der Waals surface area contributed by atoms with Crippen molar-refractivity contribution in [1.29, 1.82) is 0 Å². The molecule has 0 aliphatic heterocycles. The highest BCUT2D eigenvalue weighted by molar-refractivity contribution is 5.67. The van der Waals surface area contributed by atoms with Crippen LogP contribution in [0.5, 0.6) is 5.75 Å². The second-order valence-corrected chi connectivity index (χ2v) is 4.51. The van der Waals surface area contributed by atoms with Crippen molar-refractivity contribution in [2.45, 2.75) is 6.92 Å². The van der Waals surface area contributed by atoms with E-state index in [9.17, 15) is 0 Å². The van der Waals surface area contributed by atoms with Gasteiger partial charge in [-0.3, -0.25) is 4.40 Å². The van der Waals surface area contributed by atoms with Gasteiger partial charge in [0.15, 0.2) is 0 Å². The Bertz CT molecular complexity index is 746. The van der Waals surface area contributed by atoms with Crippen LogP contribution in [0.1, 0.15) is 5.56 Å². The van der Waals surface area contributed by atoms with Gasteiger partial charge in [0.2, 0.25) is 0 Å². The predicted octanol–water partition coefficient (Wildman–Crippen LogP) is 2.90. The van der Waals surface area contributed by atoms with Crippen molar-refractivity contribution in [1.82, 2.24) is 9.38 Å². The third kappa shape index (κ3) is 1.91. The summed E-state index contributed by atoms with van der Waals surface area (Å²) in [6, 6.07) is 9.84. The van der Waals surface area contributed by atoms with E-state index < -0.39 is 0 Å². The van der Waals surface area contributed by atoms with Gasteiger partial charge in [0.1, 0.15) is 11.4 Å². The van der Waals surface area contributed by atoms with Crippen molar-refractivity contribution in [3.63, 3.8) is 0 Å². The number of hydrogen-bond acceptors (Lipinski definition) is 3. The Labute approximate surface area is 111 Å². The van der Waals surface area contributed by atoms with Gasteiger partial charge < -0.3 is 10.5 Å². The summed E-state index contributed by atoms with van der Waals surface area (Å²) < 4.78 is 7.24. The molecule has 0 saturated carbocycles. The molecule has 0 spiro atoms. The topological polar surface area (TPSA) is 52.5 Å². The van der Waals surface area contributed by atoms with E-state index in [0.717, 1.165) is 33.9 Å². The molecule has 0 saturated heterocycles. The van der Waals surface area contributed by atoms with E-state index in [2.05, 4.69) is 11.1 Å². The average molecular weight is 253 g/mol. The molecule has 96 valence electrons. The summed E-state index contributed by atoms with van der Waals surface area (Å²) >= 11 is 0. The van der Waals surface area contributed by atoms with Crippen LogP contribution in [0.2, 0.25) is 0 Å². The first kappa shape index (κ1) is 11.6. The van der Waals surface area contributed by atoms with Crippen LogP contribution in [-0.2, 0) is 0 Å². The van der Waals surface area contributed by atoms with Gasteiger partial charge in [0, 0.05) is 23.5 Å². The summed E-state index contributed by atoms with van der Waals surface area (Å²) in [7, 11) is 1.65. The first-order valence-corrected chi connectivity index (χ1v) is 6.06. The van der Waals surface area contributed by atoms with Gasteiger partial charge in [0.05, 0.1) is 19.0 Å². The highest BCUT2D eigenvalue weighted by atomic mass is 16.5. The number of ether oxygens (including phenoxy) is 1. The molecule has 2 aromatic heterocycles. The van der Waals surface area contributed by atoms with Crippen molar-refractivity contribution in [2.75, 3.05) is 12.8 Å². The summed E-state index contributed by atoms with van der Waals surface area (Å²) in [5.74, 6) is 0.804. The Balaban J connectivity index is 2.17. The second-order valence-electron chi connectivity index (χ2n) is 4.51. The number of nitrogen functional groups attached to an aromatic ring is 1. The molecule has 4 nitrogen and oxygen atoms in total. The smallest absolute Gasteiger partial charge is 0.140 e. The zero-order valence-corrected chi connectivity index (χ0v) is 10.9. The highest BCUT2D eigenvalue weighted by Gasteiger charge is 2.07. The summed E-state index contributed by atoms with van der Waals surface area (Å²) in [6.45, 7) is 2.01. The molecule has 0 atom stereocenters. The molecule has 0 fully saturated rings. The normalized spacial score (nSPS) is 10.8. The number of nitrogens with two attached hydrogens (primary N) is 1. The van der Waals surface area contributed by atoms with E-state index in [4.69, 9.17) is 10.5 Å². The largest absolute Gasteiger partial charge is 0.497 e. The zero-order valence-electron chi connectivity index (χ0n) is 10.9. The standard InChI is InChI=1S/C15H15N3O/c1-10-7-11(3-4-13(10)16)14-9-17-15-8-12(19-2)5-6-18(14)15/h3-9H,16H2,1-2H3. The molecule has 4 heteroatoms. The van der Waals surface area contributed by atoms with Crippen LogP contribution < -0.4 is 10.5 Å². The van der Waals surface area contributed by atoms with Crippen LogP contribution in [0.25, 0.3) is 16.9 Å². The Kier molecular flexibility index (Phi) is 2.63. The van der Waals surface area contributed by atoms with Gasteiger partial charge in [-0.2, -0.15) is 0 Å². The third-order valence-electron chi connectivity index (χ3n) is 3.29. The van der Waals surface area contributed by atoms with Crippen molar-refractivity contribution in [3.8, 4) is 17.0 Å². The van der Waals surface area contributed by atoms with Crippen LogP contribution in [-0.4, -0.2) is 16.5 Å². The summed E-state index contributed by atoms with van der Waals surface area (Å²) in [5, 5.41) is 0. The fraction of sp³-hybridized carbons (Fsp3) is 0.133. The van der Waals surface area contributed by atoms with E-state index in [1.54, 1.807) is 7.11 Å². The van der Waals surface area contributed by atoms with Gasteiger partial charge in [-0.05, 0) is 30.7 Å². The SMILES string of the molecule is COc1ccn2c(-c3ccc(N)c(C)c3)cnc2c1. The molecule has 19 heavy (non-hydrogen) atoms. The average Bonchev–Trinajstić information content (AvgIpc) is 2.84. The van der Waals surface area contributed by atoms with Crippen molar-refractivity contribution >= 4 is 11.3 Å². The van der Waals surface area contributed by atoms with Gasteiger partial charge in [-0.1, -0.05) is 6.07 Å². The first-order valence-electron chi connectivity index (χ1n) is 6.06. The molecule has 3 rings (SSSR count). The monoisotopic (exact) mass is 253 g/mol. The first-order chi connectivity index (χ1) is 9.19. The van der Waals surface area contributed by atoms with E-state index in [1.807, 2.05) is 48.0 Å². The van der Waals surface area contributed by atoms with E-state index in [1.165, 1.54) is 0 Å². The highest BCUT2D eigenvalue weighted by Crippen LogP contribution is 2.25. The summed E-state index contributed by atoms with van der Waals surface area (Å²) in [5.41, 5.74) is 10.7. The van der Waals surface area contributed by atoms with Gasteiger partial charge >= 0.3 is 0 Å². The Morgan fingerprint density at radius 2 is 2.05 bits per heavy atom. The molecule has 0 bridgehead atoms. The number of aryl methyl sites for hydroxylation is 1. The molecule has 0 radical (unpaired) electrons. The van der Waals surface area contributed by atoms with E-state index in [-0.39, 0.29) is 0 Å². The molecule has 2 N–H and O–H groups in total. The molecular formula is C15H15N3O. The molecule has 0 aliphatic carbocycles. The van der Waals surface area contributed by atoms with Gasteiger partial charge in [-0.15, -0.1) is 0 Å². The zero-order chi connectivity index (χ0) is 13.4. The number of anilines is 1. The second kappa shape index (κ2) is 4.31. The Morgan fingerprint density at radius 3 is 2.79 bits per heavy atom. The maximum atomic E-state index is 5.85. The molecule has 0 aliphatic rings. The van der Waals surface area contributed by atoms with Crippen LogP contribution in [0.3, 0.4) is 0 Å². The lowest BCUT2D eigenvalue weighted by Gasteiger charge is -2.06. The van der Waals surface area contributed by atoms with Crippen LogP contribution in [0.4, 0.5) is 5.69 Å². The quantitative estimate of drug-likeness (QED) is 0.714. The Hall–Kier alpha value is -2.49. The van der Waals surface area contributed by atoms with Crippen LogP contribution in [0, 0.1) is 6.92 Å². The predicted molar refractivity (Wildman–Crippen MR) is 76.3 cm³/mol. The number of imidazole rings is 1. The number of nitrogens with zero attached hydrogens (tertiary/aromatic N) is 2. The van der Waals surface area contributed by atoms with Crippen molar-refractivity contribution in [3.05, 3.63) is 48.3 Å². The van der Waals surface area contributed by atoms with Gasteiger partial charge in [-0.25, -0.2) is 4.98 Å². The van der Waals surface area contributed by atoms with Crippen LogP contribution >= 0.6 is 0 Å². The van der Waals surface area contributed by atoms with Gasteiger partial charge in [0.25, 0.3) is 0 Å². The van der Waals surface area contributed by atoms with Crippen LogP contribution in [0.15, 0.2) is 42.7 Å². The minimum absolute atomic E-state index is 0.804. The number of rotatable bonds is 2. The summed E-state index contributed by atoms with van der Waals surface area (Å²) in [6.07, 6.45) is 3.82. The maximum absolute atomic E-state index is 5.85. The fourth-order valence-corrected chi connectivity index (χ4v) is 2.14. The molecule has 2 heterocycles. The molecule has 0 amide bonds. The molecular weight excluding hydrogens is 238 g/mol. The van der Waals surface area contributed by atoms with E-state index >= 15 is 0 Å². The number of pyridine rings is 1. The minimum Gasteiger partial charge on any atom is -0.497 e. The minimum atomic E-state index is 0.804. The maximum Gasteiger partial charge on any atom is 0.140 e. The third-order valence-corrected chi connectivity index (χ3v) is 3.29. The van der Waals surface area contributed by atoms with E-state index in [0.29, 0.717) is 0 Å². The number of hydrogen-bond donors (Lipinski definition) is 1. The molecule has 3 aromatic rings. The van der Waals surface area contributed by atoms with Crippen molar-refractivity contribution < 1.29 is 4.74 Å². The number of fused-ring (bicyclic) bond motifs is 1. The lowest BCUT2D eigenvalue weighted by molar-refractivity contribution is 0.414. The lowest BCUT2D eigenvalue weighted by atomic mass is 10.1. The number of methoxy groups -OCH3 is 1.